The van der Waals surface area contributed by atoms with Crippen LogP contribution in [0.5, 0.6) is 0 Å². The fourth-order valence-corrected chi connectivity index (χ4v) is 3.45. The number of benzene rings is 3. The molecule has 182 valence electrons. The Morgan fingerprint density at radius 1 is 0.800 bits per heavy atom. The molecule has 6 nitrogen and oxygen atoms in total. The molecule has 0 radical (unpaired) electrons. The van der Waals surface area contributed by atoms with Crippen molar-refractivity contribution in [2.24, 2.45) is 0 Å². The second kappa shape index (κ2) is 11.4. The van der Waals surface area contributed by atoms with Crippen molar-refractivity contribution in [2.75, 3.05) is 16.0 Å². The van der Waals surface area contributed by atoms with Gasteiger partial charge in [-0.2, -0.15) is 0 Å². The van der Waals surface area contributed by atoms with E-state index >= 15 is 0 Å². The minimum atomic E-state index is -0.636. The zero-order valence-corrected chi connectivity index (χ0v) is 20.8. The van der Waals surface area contributed by atoms with Crippen molar-refractivity contribution in [1.82, 2.24) is 0 Å². The second-order valence-corrected chi connectivity index (χ2v) is 9.43. The van der Waals surface area contributed by atoms with Crippen molar-refractivity contribution in [3.8, 4) is 0 Å². The molecular weight excluding hydrogens is 438 g/mol. The number of rotatable bonds is 8. The number of allylic oxidation sites excluding steroid dienone is 1. The zero-order valence-electron chi connectivity index (χ0n) is 20.8. The molecule has 0 fully saturated rings. The molecule has 0 saturated carbocycles. The number of hydrogen-bond acceptors (Lipinski definition) is 4. The molecule has 0 bridgehead atoms. The molecule has 3 aromatic rings. The van der Waals surface area contributed by atoms with Crippen molar-refractivity contribution in [3.63, 3.8) is 0 Å². The van der Waals surface area contributed by atoms with E-state index in [0.29, 0.717) is 16.9 Å². The maximum absolute atomic E-state index is 13.0. The molecule has 0 aliphatic rings. The van der Waals surface area contributed by atoms with Gasteiger partial charge in [0.25, 0.3) is 5.91 Å². The number of ether oxygens (including phenoxy) is 1. The summed E-state index contributed by atoms with van der Waals surface area (Å²) >= 11 is 0. The highest BCUT2D eigenvalue weighted by atomic mass is 16.6. The van der Waals surface area contributed by atoms with E-state index < -0.39 is 11.7 Å². The molecule has 0 spiro atoms. The number of carbonyl (C=O) groups is 2. The maximum atomic E-state index is 13.0. The van der Waals surface area contributed by atoms with Crippen molar-refractivity contribution >= 4 is 29.1 Å². The van der Waals surface area contributed by atoms with Crippen LogP contribution in [0.15, 0.2) is 85.1 Å². The van der Waals surface area contributed by atoms with Crippen molar-refractivity contribution in [1.29, 1.82) is 0 Å². The molecule has 3 N–H and O–H groups in total. The molecule has 0 atom stereocenters. The van der Waals surface area contributed by atoms with E-state index in [9.17, 15) is 9.59 Å². The highest BCUT2D eigenvalue weighted by Crippen LogP contribution is 2.26. The molecule has 0 heterocycles. The summed E-state index contributed by atoms with van der Waals surface area (Å²) in [6.07, 6.45) is 1.07. The Morgan fingerprint density at radius 2 is 1.46 bits per heavy atom. The molecule has 3 rings (SSSR count). The molecule has 0 saturated heterocycles. The van der Waals surface area contributed by atoms with Gasteiger partial charge < -0.3 is 15.4 Å². The Hall–Kier alpha value is -4.06. The quantitative estimate of drug-likeness (QED) is 0.330. The Balaban J connectivity index is 1.80. The van der Waals surface area contributed by atoms with Crippen molar-refractivity contribution in [2.45, 2.75) is 46.1 Å². The zero-order chi connectivity index (χ0) is 25.4. The Labute approximate surface area is 207 Å². The summed E-state index contributed by atoms with van der Waals surface area (Å²) in [7, 11) is 0. The minimum Gasteiger partial charge on any atom is -0.444 e. The maximum Gasteiger partial charge on any atom is 0.412 e. The van der Waals surface area contributed by atoms with Gasteiger partial charge in [0, 0.05) is 16.9 Å². The van der Waals surface area contributed by atoms with Gasteiger partial charge in [-0.15, -0.1) is 0 Å². The number of anilines is 3. The van der Waals surface area contributed by atoms with Crippen LogP contribution in [0, 0.1) is 0 Å². The monoisotopic (exact) mass is 471 g/mol. The highest BCUT2D eigenvalue weighted by molar-refractivity contribution is 6.07. The molecule has 6 heteroatoms. The number of amides is 2. The topological polar surface area (TPSA) is 79.5 Å². The molecule has 0 aliphatic heterocycles. The van der Waals surface area contributed by atoms with Gasteiger partial charge in [-0.05, 0) is 88.1 Å². The highest BCUT2D eigenvalue weighted by Gasteiger charge is 2.18. The third kappa shape index (κ3) is 8.34. The fraction of sp³-hybridized carbons (Fsp3) is 0.241. The van der Waals surface area contributed by atoms with Crippen LogP contribution in [0.1, 0.15) is 49.2 Å². The number of aryl methyl sites for hydroxylation is 2. The Morgan fingerprint density at radius 3 is 2.09 bits per heavy atom. The first-order chi connectivity index (χ1) is 16.6. The summed E-state index contributed by atoms with van der Waals surface area (Å²) in [4.78, 5) is 25.4. The SMILES string of the molecule is C=C(C)Nc1ccc(C(=O)Nc2cc(CCc3ccccc3)ccc2NC(=O)OC(C)(C)C)cc1. The smallest absolute Gasteiger partial charge is 0.412 e. The number of carbonyl (C=O) groups excluding carboxylic acids is 2. The minimum absolute atomic E-state index is 0.278. The summed E-state index contributed by atoms with van der Waals surface area (Å²) in [6, 6.07) is 23.0. The summed E-state index contributed by atoms with van der Waals surface area (Å²) in [6.45, 7) is 11.1. The van der Waals surface area contributed by atoms with Gasteiger partial charge in [-0.1, -0.05) is 43.0 Å². The molecule has 0 aliphatic carbocycles. The molecular formula is C29H33N3O3. The van der Waals surface area contributed by atoms with Gasteiger partial charge in [0.2, 0.25) is 0 Å². The molecule has 35 heavy (non-hydrogen) atoms. The Bertz CT molecular complexity index is 1180. The average molecular weight is 472 g/mol. The van der Waals surface area contributed by atoms with Crippen LogP contribution in [0.2, 0.25) is 0 Å². The lowest BCUT2D eigenvalue weighted by Gasteiger charge is -2.21. The standard InChI is InChI=1S/C29H33N3O3/c1-20(2)30-24-16-14-23(15-17-24)27(33)31-26-19-22(12-11-21-9-7-6-8-10-21)13-18-25(26)32-28(34)35-29(3,4)5/h6-10,13-19,30H,1,11-12H2,2-5H3,(H,31,33)(H,32,34). The van der Waals surface area contributed by atoms with Crippen LogP contribution >= 0.6 is 0 Å². The van der Waals surface area contributed by atoms with E-state index in [2.05, 4.69) is 34.7 Å². The van der Waals surface area contributed by atoms with Gasteiger partial charge in [-0.3, -0.25) is 10.1 Å². The van der Waals surface area contributed by atoms with E-state index in [1.54, 1.807) is 39.0 Å². The van der Waals surface area contributed by atoms with E-state index in [1.807, 2.05) is 49.4 Å². The summed E-state index contributed by atoms with van der Waals surface area (Å²) in [5, 5.41) is 8.82. The summed E-state index contributed by atoms with van der Waals surface area (Å²) in [5.41, 5.74) is 4.78. The first-order valence-corrected chi connectivity index (χ1v) is 11.6. The molecule has 0 unspecified atom stereocenters. The second-order valence-electron chi connectivity index (χ2n) is 9.43. The lowest BCUT2D eigenvalue weighted by atomic mass is 10.0. The van der Waals surface area contributed by atoms with E-state index in [1.165, 1.54) is 5.56 Å². The summed E-state index contributed by atoms with van der Waals surface area (Å²) < 4.78 is 5.39. The predicted octanol–water partition coefficient (Wildman–Crippen LogP) is 7.02. The fourth-order valence-electron chi connectivity index (χ4n) is 3.45. The normalized spacial score (nSPS) is 10.9. The van der Waals surface area contributed by atoms with Crippen LogP contribution < -0.4 is 16.0 Å². The number of nitrogens with one attached hydrogen (secondary N) is 3. The van der Waals surface area contributed by atoms with Gasteiger partial charge >= 0.3 is 6.09 Å². The average Bonchev–Trinajstić information content (AvgIpc) is 2.78. The molecule has 3 aromatic carbocycles. The third-order valence-electron chi connectivity index (χ3n) is 5.02. The predicted molar refractivity (Wildman–Crippen MR) is 143 cm³/mol. The molecule has 2 amide bonds. The van der Waals surface area contributed by atoms with Crippen molar-refractivity contribution in [3.05, 3.63) is 102 Å². The lowest BCUT2D eigenvalue weighted by molar-refractivity contribution is 0.0635. The van der Waals surface area contributed by atoms with Crippen molar-refractivity contribution < 1.29 is 14.3 Å². The summed E-state index contributed by atoms with van der Waals surface area (Å²) in [5.74, 6) is -0.278. The number of hydrogen-bond donors (Lipinski definition) is 3. The van der Waals surface area contributed by atoms with Gasteiger partial charge in [0.15, 0.2) is 0 Å². The Kier molecular flexibility index (Phi) is 8.31. The first kappa shape index (κ1) is 25.6. The lowest BCUT2D eigenvalue weighted by Crippen LogP contribution is -2.27. The van der Waals surface area contributed by atoms with Gasteiger partial charge in [0.05, 0.1) is 11.4 Å². The van der Waals surface area contributed by atoms with Crippen LogP contribution in [0.3, 0.4) is 0 Å². The van der Waals surface area contributed by atoms with E-state index in [0.717, 1.165) is 29.8 Å². The van der Waals surface area contributed by atoms with Crippen LogP contribution in [-0.4, -0.2) is 17.6 Å². The molecule has 0 aromatic heterocycles. The van der Waals surface area contributed by atoms with Crippen LogP contribution in [-0.2, 0) is 17.6 Å². The van der Waals surface area contributed by atoms with E-state index in [-0.39, 0.29) is 5.91 Å². The first-order valence-electron chi connectivity index (χ1n) is 11.6. The third-order valence-corrected chi connectivity index (χ3v) is 5.02. The van der Waals surface area contributed by atoms with Gasteiger partial charge in [0.1, 0.15) is 5.60 Å². The van der Waals surface area contributed by atoms with Gasteiger partial charge in [-0.25, -0.2) is 4.79 Å². The van der Waals surface area contributed by atoms with Crippen LogP contribution in [0.25, 0.3) is 0 Å². The van der Waals surface area contributed by atoms with Crippen LogP contribution in [0.4, 0.5) is 21.9 Å². The van der Waals surface area contributed by atoms with E-state index in [4.69, 9.17) is 4.74 Å². The largest absolute Gasteiger partial charge is 0.444 e.